The number of nitrogens with zero attached hydrogens (tertiary/aromatic N) is 1. The molecule has 2 heterocycles. The van der Waals surface area contributed by atoms with Gasteiger partial charge >= 0.3 is 5.97 Å². The van der Waals surface area contributed by atoms with Gasteiger partial charge in [0.2, 0.25) is 0 Å². The van der Waals surface area contributed by atoms with Crippen molar-refractivity contribution in [2.24, 2.45) is 0 Å². The molecule has 0 aromatic carbocycles. The Kier molecular flexibility index (Phi) is 4.17. The van der Waals surface area contributed by atoms with Gasteiger partial charge in [0.05, 0.1) is 12.1 Å². The quantitative estimate of drug-likeness (QED) is 0.893. The fourth-order valence-electron chi connectivity index (χ4n) is 2.01. The van der Waals surface area contributed by atoms with Crippen LogP contribution in [0.4, 0.5) is 0 Å². The number of aromatic nitrogens is 2. The van der Waals surface area contributed by atoms with E-state index in [1.807, 2.05) is 0 Å². The summed E-state index contributed by atoms with van der Waals surface area (Å²) in [6, 6.07) is 0. The Balaban J connectivity index is 2.04. The van der Waals surface area contributed by atoms with Gasteiger partial charge in [-0.15, -0.1) is 0 Å². The average molecular weight is 303 g/mol. The normalized spacial score (nSPS) is 17.2. The number of aryl methyl sites for hydroxylation is 1. The van der Waals surface area contributed by atoms with Crippen LogP contribution >= 0.6 is 15.9 Å². The lowest BCUT2D eigenvalue weighted by Crippen LogP contribution is -2.14. The van der Waals surface area contributed by atoms with Crippen LogP contribution in [0.3, 0.4) is 0 Å². The molecule has 94 valence electrons. The molecule has 1 aliphatic heterocycles. The highest BCUT2D eigenvalue weighted by atomic mass is 79.9. The lowest BCUT2D eigenvalue weighted by Gasteiger charge is -2.20. The van der Waals surface area contributed by atoms with E-state index >= 15 is 0 Å². The molecule has 6 heteroatoms. The molecule has 0 unspecified atom stereocenters. The SMILES string of the molecule is O=C(O)CCc1nc(Br)c(C2CCOCC2)[nH]1. The van der Waals surface area contributed by atoms with E-state index in [1.165, 1.54) is 0 Å². The molecule has 0 saturated carbocycles. The fraction of sp³-hybridized carbons (Fsp3) is 0.636. The monoisotopic (exact) mass is 302 g/mol. The van der Waals surface area contributed by atoms with Crippen LogP contribution in [0.25, 0.3) is 0 Å². The number of hydrogen-bond acceptors (Lipinski definition) is 3. The smallest absolute Gasteiger partial charge is 0.303 e. The van der Waals surface area contributed by atoms with Crippen molar-refractivity contribution in [3.63, 3.8) is 0 Å². The fourth-order valence-corrected chi connectivity index (χ4v) is 2.65. The third kappa shape index (κ3) is 3.29. The maximum absolute atomic E-state index is 10.5. The number of aromatic amines is 1. The number of halogens is 1. The van der Waals surface area contributed by atoms with Gasteiger partial charge in [0.25, 0.3) is 0 Å². The Labute approximate surface area is 108 Å². The highest BCUT2D eigenvalue weighted by molar-refractivity contribution is 9.10. The van der Waals surface area contributed by atoms with Crippen molar-refractivity contribution in [2.45, 2.75) is 31.6 Å². The number of aliphatic carboxylic acids is 1. The summed E-state index contributed by atoms with van der Waals surface area (Å²) in [6.07, 6.45) is 2.52. The summed E-state index contributed by atoms with van der Waals surface area (Å²) in [5.74, 6) is 0.370. The van der Waals surface area contributed by atoms with Gasteiger partial charge in [0.1, 0.15) is 10.4 Å². The molecule has 1 fully saturated rings. The number of ether oxygens (including phenoxy) is 1. The molecular formula is C11H15BrN2O3. The summed E-state index contributed by atoms with van der Waals surface area (Å²) < 4.78 is 6.13. The minimum Gasteiger partial charge on any atom is -0.481 e. The molecule has 5 nitrogen and oxygen atoms in total. The molecule has 0 radical (unpaired) electrons. The van der Waals surface area contributed by atoms with Crippen molar-refractivity contribution in [1.82, 2.24) is 9.97 Å². The van der Waals surface area contributed by atoms with Crippen LogP contribution in [0.5, 0.6) is 0 Å². The second-order valence-corrected chi connectivity index (χ2v) is 4.92. The highest BCUT2D eigenvalue weighted by Crippen LogP contribution is 2.30. The van der Waals surface area contributed by atoms with Crippen molar-refractivity contribution in [3.05, 3.63) is 16.1 Å². The van der Waals surface area contributed by atoms with Crippen molar-refractivity contribution < 1.29 is 14.6 Å². The Morgan fingerprint density at radius 3 is 2.88 bits per heavy atom. The van der Waals surface area contributed by atoms with Gasteiger partial charge in [0.15, 0.2) is 0 Å². The summed E-state index contributed by atoms with van der Waals surface area (Å²) in [5.41, 5.74) is 1.08. The molecule has 0 atom stereocenters. The first-order valence-electron chi connectivity index (χ1n) is 5.70. The lowest BCUT2D eigenvalue weighted by molar-refractivity contribution is -0.137. The van der Waals surface area contributed by atoms with E-state index in [1.54, 1.807) is 0 Å². The zero-order valence-electron chi connectivity index (χ0n) is 9.41. The van der Waals surface area contributed by atoms with E-state index in [0.29, 0.717) is 12.3 Å². The number of carbonyl (C=O) groups is 1. The summed E-state index contributed by atoms with van der Waals surface area (Å²) >= 11 is 3.43. The van der Waals surface area contributed by atoms with Crippen LogP contribution in [-0.4, -0.2) is 34.3 Å². The van der Waals surface area contributed by atoms with E-state index in [4.69, 9.17) is 9.84 Å². The number of carboxylic acid groups (broad SMARTS) is 1. The number of rotatable bonds is 4. The summed E-state index contributed by atoms with van der Waals surface area (Å²) in [7, 11) is 0. The van der Waals surface area contributed by atoms with Gasteiger partial charge in [-0.1, -0.05) is 0 Å². The zero-order valence-corrected chi connectivity index (χ0v) is 11.0. The van der Waals surface area contributed by atoms with Crippen LogP contribution < -0.4 is 0 Å². The molecular weight excluding hydrogens is 288 g/mol. The predicted molar refractivity (Wildman–Crippen MR) is 65.0 cm³/mol. The first-order valence-corrected chi connectivity index (χ1v) is 6.50. The van der Waals surface area contributed by atoms with Crippen molar-refractivity contribution in [1.29, 1.82) is 0 Å². The highest BCUT2D eigenvalue weighted by Gasteiger charge is 2.21. The molecule has 1 aromatic rings. The average Bonchev–Trinajstić information content (AvgIpc) is 2.69. The van der Waals surface area contributed by atoms with Crippen LogP contribution in [0.2, 0.25) is 0 Å². The van der Waals surface area contributed by atoms with Gasteiger partial charge in [0, 0.05) is 25.6 Å². The minimum absolute atomic E-state index is 0.104. The van der Waals surface area contributed by atoms with E-state index in [9.17, 15) is 4.79 Å². The molecule has 1 saturated heterocycles. The third-order valence-electron chi connectivity index (χ3n) is 2.94. The van der Waals surface area contributed by atoms with Gasteiger partial charge in [-0.3, -0.25) is 4.79 Å². The summed E-state index contributed by atoms with van der Waals surface area (Å²) in [6.45, 7) is 1.56. The Hall–Kier alpha value is -0.880. The maximum Gasteiger partial charge on any atom is 0.303 e. The number of imidazole rings is 1. The topological polar surface area (TPSA) is 75.2 Å². The first kappa shape index (κ1) is 12.6. The Morgan fingerprint density at radius 2 is 2.24 bits per heavy atom. The van der Waals surface area contributed by atoms with Crippen molar-refractivity contribution in [2.75, 3.05) is 13.2 Å². The predicted octanol–water partition coefficient (Wildman–Crippen LogP) is 2.08. The van der Waals surface area contributed by atoms with E-state index in [2.05, 4.69) is 25.9 Å². The van der Waals surface area contributed by atoms with E-state index in [0.717, 1.165) is 42.2 Å². The number of carboxylic acids is 1. The number of hydrogen-bond donors (Lipinski definition) is 2. The molecule has 2 rings (SSSR count). The van der Waals surface area contributed by atoms with Crippen molar-refractivity contribution in [3.8, 4) is 0 Å². The standard InChI is InChI=1S/C11H15BrN2O3/c12-11-10(7-3-5-17-6-4-7)13-8(14-11)1-2-9(15)16/h7H,1-6H2,(H,13,14)(H,15,16). The van der Waals surface area contributed by atoms with Gasteiger partial charge in [-0.2, -0.15) is 0 Å². The second-order valence-electron chi connectivity index (χ2n) is 4.17. The van der Waals surface area contributed by atoms with Crippen LogP contribution in [-0.2, 0) is 16.0 Å². The molecule has 1 aromatic heterocycles. The van der Waals surface area contributed by atoms with Crippen LogP contribution in [0.1, 0.15) is 36.7 Å². The molecule has 0 aliphatic carbocycles. The largest absolute Gasteiger partial charge is 0.481 e. The van der Waals surface area contributed by atoms with E-state index < -0.39 is 5.97 Å². The van der Waals surface area contributed by atoms with Crippen LogP contribution in [0.15, 0.2) is 4.60 Å². The summed E-state index contributed by atoms with van der Waals surface area (Å²) in [5, 5.41) is 8.63. The molecule has 0 spiro atoms. The molecule has 0 amide bonds. The van der Waals surface area contributed by atoms with Gasteiger partial charge in [-0.25, -0.2) is 4.98 Å². The Morgan fingerprint density at radius 1 is 1.53 bits per heavy atom. The molecule has 1 aliphatic rings. The molecule has 17 heavy (non-hydrogen) atoms. The van der Waals surface area contributed by atoms with E-state index in [-0.39, 0.29) is 6.42 Å². The minimum atomic E-state index is -0.801. The maximum atomic E-state index is 10.5. The molecule has 2 N–H and O–H groups in total. The van der Waals surface area contributed by atoms with Crippen LogP contribution in [0, 0.1) is 0 Å². The molecule has 0 bridgehead atoms. The van der Waals surface area contributed by atoms with Crippen molar-refractivity contribution >= 4 is 21.9 Å². The summed E-state index contributed by atoms with van der Waals surface area (Å²) in [4.78, 5) is 18.0. The number of nitrogens with one attached hydrogen (secondary N) is 1. The number of H-pyrrole nitrogens is 1. The zero-order chi connectivity index (χ0) is 12.3. The van der Waals surface area contributed by atoms with Gasteiger partial charge in [-0.05, 0) is 28.8 Å². The second kappa shape index (κ2) is 5.64. The van der Waals surface area contributed by atoms with Gasteiger partial charge < -0.3 is 14.8 Å². The lowest BCUT2D eigenvalue weighted by atomic mass is 9.97. The third-order valence-corrected chi connectivity index (χ3v) is 3.54. The Bertz CT molecular complexity index is 399. The first-order chi connectivity index (χ1) is 8.16.